The van der Waals surface area contributed by atoms with Crippen LogP contribution in [-0.2, 0) is 4.74 Å². The van der Waals surface area contributed by atoms with Crippen molar-refractivity contribution < 1.29 is 4.74 Å². The number of piperidine rings is 1. The molecule has 5 rings (SSSR count). The summed E-state index contributed by atoms with van der Waals surface area (Å²) in [6, 6.07) is 10.7. The number of hydrogen-bond acceptors (Lipinski definition) is 7. The van der Waals surface area contributed by atoms with Gasteiger partial charge in [-0.25, -0.2) is 9.97 Å². The number of nitrogens with one attached hydrogen (secondary N) is 2. The summed E-state index contributed by atoms with van der Waals surface area (Å²) in [6.07, 6.45) is 5.94. The molecule has 0 aliphatic carbocycles. The number of hydrogen-bond donors (Lipinski definition) is 2. The van der Waals surface area contributed by atoms with Crippen molar-refractivity contribution in [3.63, 3.8) is 0 Å². The molecule has 0 radical (unpaired) electrons. The van der Waals surface area contributed by atoms with Gasteiger partial charge in [0.25, 0.3) is 0 Å². The fourth-order valence-electron chi connectivity index (χ4n) is 4.25. The van der Waals surface area contributed by atoms with Gasteiger partial charge < -0.3 is 20.3 Å². The van der Waals surface area contributed by atoms with Gasteiger partial charge in [-0.1, -0.05) is 39.8 Å². The molecule has 2 N–H and O–H groups in total. The minimum absolute atomic E-state index is 0.615. The number of nitrogens with zero attached hydrogens (tertiary/aromatic N) is 4. The highest BCUT2D eigenvalue weighted by Gasteiger charge is 2.16. The highest BCUT2D eigenvalue weighted by Crippen LogP contribution is 2.27. The Labute approximate surface area is 204 Å². The highest BCUT2D eigenvalue weighted by atomic mass is 16.5. The first kappa shape index (κ1) is 25.8. The third-order valence-corrected chi connectivity index (χ3v) is 5.95. The van der Waals surface area contributed by atoms with E-state index in [1.807, 2.05) is 33.8 Å². The maximum Gasteiger partial charge on any atom is 0.154 e. The Morgan fingerprint density at radius 2 is 1.76 bits per heavy atom. The molecule has 0 amide bonds. The summed E-state index contributed by atoms with van der Waals surface area (Å²) in [7, 11) is 0. The average Bonchev–Trinajstić information content (AvgIpc) is 2.95. The summed E-state index contributed by atoms with van der Waals surface area (Å²) in [6.45, 7) is 14.5. The lowest BCUT2D eigenvalue weighted by Crippen LogP contribution is -2.36. The third-order valence-electron chi connectivity index (χ3n) is 5.95. The SMILES string of the molecule is CC.CC.c1cnc2c(NCC3CCCNC3)nc(-c3ccc(N4CCOCC4)cc3)cc2n1. The van der Waals surface area contributed by atoms with Crippen LogP contribution in [0.1, 0.15) is 40.5 Å². The van der Waals surface area contributed by atoms with E-state index in [2.05, 4.69) is 49.8 Å². The van der Waals surface area contributed by atoms with E-state index in [0.717, 1.165) is 74.0 Å². The van der Waals surface area contributed by atoms with E-state index >= 15 is 0 Å². The molecule has 1 atom stereocenters. The summed E-state index contributed by atoms with van der Waals surface area (Å²) >= 11 is 0. The number of ether oxygens (including phenoxy) is 1. The Kier molecular flexibility index (Phi) is 10.5. The summed E-state index contributed by atoms with van der Waals surface area (Å²) in [5.41, 5.74) is 4.92. The fourth-order valence-corrected chi connectivity index (χ4v) is 4.25. The lowest BCUT2D eigenvalue weighted by molar-refractivity contribution is 0.122. The van der Waals surface area contributed by atoms with Crippen LogP contribution in [0.3, 0.4) is 0 Å². The maximum absolute atomic E-state index is 5.46. The minimum atomic E-state index is 0.615. The van der Waals surface area contributed by atoms with Gasteiger partial charge in [-0.15, -0.1) is 0 Å². The second-order valence-corrected chi connectivity index (χ2v) is 8.02. The van der Waals surface area contributed by atoms with Crippen molar-refractivity contribution in [1.29, 1.82) is 0 Å². The normalized spacial score (nSPS) is 17.8. The molecule has 2 fully saturated rings. The summed E-state index contributed by atoms with van der Waals surface area (Å²) in [5.74, 6) is 1.43. The van der Waals surface area contributed by atoms with Gasteiger partial charge in [0.15, 0.2) is 5.82 Å². The van der Waals surface area contributed by atoms with Crippen LogP contribution in [0.15, 0.2) is 42.7 Å². The monoisotopic (exact) mass is 464 g/mol. The first-order valence-electron chi connectivity index (χ1n) is 12.9. The molecule has 1 aromatic carbocycles. The van der Waals surface area contributed by atoms with Gasteiger partial charge in [0.1, 0.15) is 5.52 Å². The molecule has 2 saturated heterocycles. The molecule has 4 heterocycles. The molecule has 2 aliphatic heterocycles. The standard InChI is InChI=1S/C23H28N6O.2C2H6/c1-2-17(15-24-7-1)16-27-23-22-21(25-8-9-26-22)14-20(28-23)18-3-5-19(6-4-18)29-10-12-30-13-11-29;2*1-2/h3-6,8-9,14,17,24H,1-2,7,10-13,15-16H2,(H,27,28);2*1-2H3. The van der Waals surface area contributed by atoms with E-state index in [-0.39, 0.29) is 0 Å². The maximum atomic E-state index is 5.46. The van der Waals surface area contributed by atoms with Gasteiger partial charge in [-0.05, 0) is 50.0 Å². The van der Waals surface area contributed by atoms with Crippen molar-refractivity contribution >= 4 is 22.5 Å². The lowest BCUT2D eigenvalue weighted by Gasteiger charge is -2.28. The summed E-state index contributed by atoms with van der Waals surface area (Å²) < 4.78 is 5.46. The number of pyridine rings is 1. The van der Waals surface area contributed by atoms with Gasteiger partial charge in [0.05, 0.1) is 24.4 Å². The third kappa shape index (κ3) is 6.64. The molecule has 34 heavy (non-hydrogen) atoms. The molecule has 7 heteroatoms. The van der Waals surface area contributed by atoms with Crippen molar-refractivity contribution in [2.45, 2.75) is 40.5 Å². The molecular weight excluding hydrogens is 424 g/mol. The van der Waals surface area contributed by atoms with Crippen molar-refractivity contribution in [2.75, 3.05) is 56.2 Å². The van der Waals surface area contributed by atoms with Crippen LogP contribution in [-0.4, -0.2) is 60.9 Å². The zero-order chi connectivity index (χ0) is 24.2. The quantitative estimate of drug-likeness (QED) is 0.551. The zero-order valence-corrected chi connectivity index (χ0v) is 21.2. The van der Waals surface area contributed by atoms with Crippen LogP contribution in [0.4, 0.5) is 11.5 Å². The van der Waals surface area contributed by atoms with Gasteiger partial charge in [0, 0.05) is 43.3 Å². The number of anilines is 2. The number of benzene rings is 1. The predicted molar refractivity (Wildman–Crippen MR) is 143 cm³/mol. The lowest BCUT2D eigenvalue weighted by atomic mass is 10.00. The molecular formula is C27H40N6O. The van der Waals surface area contributed by atoms with Crippen LogP contribution < -0.4 is 15.5 Å². The number of morpholine rings is 1. The fraction of sp³-hybridized carbons (Fsp3) is 0.519. The van der Waals surface area contributed by atoms with E-state index in [1.54, 1.807) is 12.4 Å². The van der Waals surface area contributed by atoms with Crippen LogP contribution in [0.5, 0.6) is 0 Å². The van der Waals surface area contributed by atoms with Crippen LogP contribution in [0.25, 0.3) is 22.3 Å². The van der Waals surface area contributed by atoms with Gasteiger partial charge in [-0.3, -0.25) is 4.98 Å². The second kappa shape index (κ2) is 13.8. The van der Waals surface area contributed by atoms with Crippen molar-refractivity contribution in [1.82, 2.24) is 20.3 Å². The van der Waals surface area contributed by atoms with E-state index in [0.29, 0.717) is 5.92 Å². The Balaban J connectivity index is 0.000000771. The molecule has 2 aromatic heterocycles. The number of fused-ring (bicyclic) bond motifs is 1. The Morgan fingerprint density at radius 3 is 2.47 bits per heavy atom. The highest BCUT2D eigenvalue weighted by molar-refractivity contribution is 5.88. The van der Waals surface area contributed by atoms with Gasteiger partial charge in [-0.2, -0.15) is 0 Å². The molecule has 2 aliphatic rings. The topological polar surface area (TPSA) is 75.2 Å². The number of rotatable bonds is 5. The minimum Gasteiger partial charge on any atom is -0.378 e. The average molecular weight is 465 g/mol. The van der Waals surface area contributed by atoms with Crippen molar-refractivity contribution in [3.05, 3.63) is 42.7 Å². The summed E-state index contributed by atoms with van der Waals surface area (Å²) in [5, 5.41) is 7.03. The van der Waals surface area contributed by atoms with Crippen LogP contribution >= 0.6 is 0 Å². The van der Waals surface area contributed by atoms with Crippen LogP contribution in [0.2, 0.25) is 0 Å². The molecule has 3 aromatic rings. The molecule has 1 unspecified atom stereocenters. The predicted octanol–water partition coefficient (Wildman–Crippen LogP) is 4.99. The Morgan fingerprint density at radius 1 is 1.03 bits per heavy atom. The first-order valence-corrected chi connectivity index (χ1v) is 12.9. The van der Waals surface area contributed by atoms with Crippen molar-refractivity contribution in [2.24, 2.45) is 5.92 Å². The van der Waals surface area contributed by atoms with Crippen LogP contribution in [0, 0.1) is 5.92 Å². The molecule has 7 nitrogen and oxygen atoms in total. The number of aromatic nitrogens is 3. The van der Waals surface area contributed by atoms with Gasteiger partial charge in [0.2, 0.25) is 0 Å². The Hall–Kier alpha value is -2.77. The van der Waals surface area contributed by atoms with E-state index in [4.69, 9.17) is 9.72 Å². The van der Waals surface area contributed by atoms with E-state index in [1.165, 1.54) is 18.5 Å². The van der Waals surface area contributed by atoms with Gasteiger partial charge >= 0.3 is 0 Å². The largest absolute Gasteiger partial charge is 0.378 e. The van der Waals surface area contributed by atoms with E-state index in [9.17, 15) is 0 Å². The zero-order valence-electron chi connectivity index (χ0n) is 21.2. The van der Waals surface area contributed by atoms with E-state index < -0.39 is 0 Å². The first-order chi connectivity index (χ1) is 16.9. The van der Waals surface area contributed by atoms with Crippen molar-refractivity contribution in [3.8, 4) is 11.3 Å². The molecule has 0 spiro atoms. The molecule has 184 valence electrons. The summed E-state index contributed by atoms with van der Waals surface area (Å²) in [4.78, 5) is 16.4. The second-order valence-electron chi connectivity index (χ2n) is 8.02. The molecule has 0 saturated carbocycles. The molecule has 0 bridgehead atoms. The Bertz CT molecular complexity index is 982. The smallest absolute Gasteiger partial charge is 0.154 e.